The number of hydrogen-bond donors (Lipinski definition) is 2. The first kappa shape index (κ1) is 21.5. The Morgan fingerprint density at radius 3 is 3.00 bits per heavy atom. The molecule has 1 fully saturated rings. The van der Waals surface area contributed by atoms with Crippen molar-refractivity contribution < 1.29 is 14.7 Å². The van der Waals surface area contributed by atoms with E-state index < -0.39 is 17.6 Å². The molecule has 0 spiro atoms. The predicted molar refractivity (Wildman–Crippen MR) is 117 cm³/mol. The molecule has 11 heteroatoms. The number of carbonyl (C=O) groups is 2. The molecule has 0 saturated carbocycles. The summed E-state index contributed by atoms with van der Waals surface area (Å²) in [6, 6.07) is 8.22. The zero-order chi connectivity index (χ0) is 23.0. The lowest BCUT2D eigenvalue weighted by molar-refractivity contribution is -0.156. The molecule has 1 aromatic carbocycles. The van der Waals surface area contributed by atoms with Gasteiger partial charge in [-0.2, -0.15) is 0 Å². The summed E-state index contributed by atoms with van der Waals surface area (Å²) >= 11 is 6.15. The average molecular weight is 468 g/mol. The fourth-order valence-electron chi connectivity index (χ4n) is 4.67. The number of benzene rings is 1. The van der Waals surface area contributed by atoms with Crippen molar-refractivity contribution in [3.05, 3.63) is 64.7 Å². The topological polar surface area (TPSA) is 126 Å². The van der Waals surface area contributed by atoms with Crippen molar-refractivity contribution in [1.82, 2.24) is 35.4 Å². The predicted octanol–water partition coefficient (Wildman–Crippen LogP) is 1.15. The van der Waals surface area contributed by atoms with E-state index in [-0.39, 0.29) is 18.9 Å². The van der Waals surface area contributed by atoms with Crippen LogP contribution in [0, 0.1) is 0 Å². The maximum absolute atomic E-state index is 13.4. The lowest BCUT2D eigenvalue weighted by Crippen LogP contribution is -2.52. The minimum Gasteiger partial charge on any atom is -0.374 e. The SMILES string of the molecule is O=C(NCc1cc(Cl)ccc1-n1cnnn1)C1CCCN1C(=O)C1(O)CCc2cccnc21. The summed E-state index contributed by atoms with van der Waals surface area (Å²) in [7, 11) is 0. The Labute approximate surface area is 194 Å². The number of aromatic nitrogens is 5. The van der Waals surface area contributed by atoms with Gasteiger partial charge in [-0.05, 0) is 71.5 Å². The monoisotopic (exact) mass is 467 g/mol. The highest BCUT2D eigenvalue weighted by Crippen LogP contribution is 2.38. The summed E-state index contributed by atoms with van der Waals surface area (Å²) in [6.07, 6.45) is 5.08. The summed E-state index contributed by atoms with van der Waals surface area (Å²) in [4.78, 5) is 32.2. The standard InChI is InChI=1S/C22H22ClN7O3/c23-16-5-6-17(30-13-26-27-28-30)15(11-16)12-25-20(31)18-4-2-10-29(18)21(32)22(33)8-7-14-3-1-9-24-19(14)22/h1,3,5-6,9,11,13,18,33H,2,4,7-8,10,12H2,(H,25,31). The van der Waals surface area contributed by atoms with Gasteiger partial charge in [-0.1, -0.05) is 17.7 Å². The van der Waals surface area contributed by atoms with Crippen LogP contribution < -0.4 is 5.32 Å². The van der Waals surface area contributed by atoms with E-state index in [2.05, 4.69) is 25.8 Å². The summed E-state index contributed by atoms with van der Waals surface area (Å²) in [5.41, 5.74) is 0.980. The quantitative estimate of drug-likeness (QED) is 0.576. The van der Waals surface area contributed by atoms with Crippen molar-refractivity contribution in [2.45, 2.75) is 43.9 Å². The maximum Gasteiger partial charge on any atom is 0.261 e. The molecule has 2 aromatic heterocycles. The first-order chi connectivity index (χ1) is 16.0. The highest BCUT2D eigenvalue weighted by atomic mass is 35.5. The fraction of sp³-hybridized carbons (Fsp3) is 0.364. The number of amides is 2. The number of aliphatic hydroxyl groups is 1. The van der Waals surface area contributed by atoms with E-state index in [1.165, 1.54) is 15.9 Å². The number of nitrogens with one attached hydrogen (secondary N) is 1. The van der Waals surface area contributed by atoms with Crippen molar-refractivity contribution in [2.24, 2.45) is 0 Å². The van der Waals surface area contributed by atoms with E-state index >= 15 is 0 Å². The number of nitrogens with zero attached hydrogens (tertiary/aromatic N) is 6. The molecule has 2 N–H and O–H groups in total. The van der Waals surface area contributed by atoms with Gasteiger partial charge in [-0.3, -0.25) is 14.6 Å². The van der Waals surface area contributed by atoms with Crippen LogP contribution in [0.15, 0.2) is 42.9 Å². The van der Waals surface area contributed by atoms with E-state index in [0.717, 1.165) is 11.1 Å². The third-order valence-electron chi connectivity index (χ3n) is 6.30. The molecule has 170 valence electrons. The highest BCUT2D eigenvalue weighted by molar-refractivity contribution is 6.30. The molecule has 0 radical (unpaired) electrons. The minimum absolute atomic E-state index is 0.182. The summed E-state index contributed by atoms with van der Waals surface area (Å²) in [5, 5.41) is 25.9. The van der Waals surface area contributed by atoms with Crippen LogP contribution in [0.2, 0.25) is 5.02 Å². The van der Waals surface area contributed by atoms with Gasteiger partial charge in [-0.15, -0.1) is 5.10 Å². The Balaban J connectivity index is 1.32. The molecule has 0 bridgehead atoms. The zero-order valence-corrected chi connectivity index (χ0v) is 18.4. The van der Waals surface area contributed by atoms with Crippen molar-refractivity contribution >= 4 is 23.4 Å². The van der Waals surface area contributed by atoms with Gasteiger partial charge in [0.15, 0.2) is 5.60 Å². The molecule has 5 rings (SSSR count). The largest absolute Gasteiger partial charge is 0.374 e. The molecule has 2 atom stereocenters. The molecule has 1 aliphatic heterocycles. The normalized spacial score (nSPS) is 21.8. The third kappa shape index (κ3) is 3.85. The fourth-order valence-corrected chi connectivity index (χ4v) is 4.86. The lowest BCUT2D eigenvalue weighted by atomic mass is 9.98. The average Bonchev–Trinajstić information content (AvgIpc) is 3.58. The first-order valence-corrected chi connectivity index (χ1v) is 11.1. The van der Waals surface area contributed by atoms with Crippen molar-refractivity contribution in [3.63, 3.8) is 0 Å². The number of fused-ring (bicyclic) bond motifs is 1. The molecule has 33 heavy (non-hydrogen) atoms. The molecule has 1 saturated heterocycles. The van der Waals surface area contributed by atoms with Gasteiger partial charge < -0.3 is 15.3 Å². The number of tetrazole rings is 1. The summed E-state index contributed by atoms with van der Waals surface area (Å²) in [5.74, 6) is -0.749. The molecule has 10 nitrogen and oxygen atoms in total. The third-order valence-corrected chi connectivity index (χ3v) is 6.53. The molecule has 3 aromatic rings. The molecular formula is C22H22ClN7O3. The number of likely N-dealkylation sites (tertiary alicyclic amines) is 1. The molecular weight excluding hydrogens is 446 g/mol. The van der Waals surface area contributed by atoms with Gasteiger partial charge in [0.1, 0.15) is 12.4 Å². The highest BCUT2D eigenvalue weighted by Gasteiger charge is 2.50. The van der Waals surface area contributed by atoms with Gasteiger partial charge in [-0.25, -0.2) is 4.68 Å². The van der Waals surface area contributed by atoms with Crippen LogP contribution in [-0.4, -0.2) is 59.6 Å². The number of pyridine rings is 1. The van der Waals surface area contributed by atoms with E-state index in [0.29, 0.717) is 42.2 Å². The van der Waals surface area contributed by atoms with Crippen LogP contribution in [0.25, 0.3) is 5.69 Å². The Hall–Kier alpha value is -3.37. The van der Waals surface area contributed by atoms with Gasteiger partial charge in [0, 0.05) is 24.3 Å². The Bertz CT molecular complexity index is 1200. The van der Waals surface area contributed by atoms with Gasteiger partial charge >= 0.3 is 0 Å². The van der Waals surface area contributed by atoms with Crippen LogP contribution >= 0.6 is 11.6 Å². The van der Waals surface area contributed by atoms with E-state index in [4.69, 9.17) is 11.6 Å². The number of halogens is 1. The van der Waals surface area contributed by atoms with E-state index in [1.807, 2.05) is 6.07 Å². The van der Waals surface area contributed by atoms with Crippen molar-refractivity contribution in [3.8, 4) is 5.69 Å². The van der Waals surface area contributed by atoms with Crippen LogP contribution in [-0.2, 0) is 28.2 Å². The number of rotatable bonds is 5. The molecule has 2 unspecified atom stereocenters. The Kier molecular flexibility index (Phi) is 5.55. The first-order valence-electron chi connectivity index (χ1n) is 10.7. The number of carbonyl (C=O) groups excluding carboxylic acids is 2. The van der Waals surface area contributed by atoms with Gasteiger partial charge in [0.05, 0.1) is 11.4 Å². The number of aryl methyl sites for hydroxylation is 1. The second-order valence-electron chi connectivity index (χ2n) is 8.27. The lowest BCUT2D eigenvalue weighted by Gasteiger charge is -2.31. The summed E-state index contributed by atoms with van der Waals surface area (Å²) < 4.78 is 1.49. The molecule has 3 heterocycles. The molecule has 1 aliphatic carbocycles. The molecule has 2 amide bonds. The van der Waals surface area contributed by atoms with Crippen molar-refractivity contribution in [2.75, 3.05) is 6.54 Å². The smallest absolute Gasteiger partial charge is 0.261 e. The van der Waals surface area contributed by atoms with Crippen molar-refractivity contribution in [1.29, 1.82) is 0 Å². The van der Waals surface area contributed by atoms with Gasteiger partial charge in [0.2, 0.25) is 5.91 Å². The van der Waals surface area contributed by atoms with Gasteiger partial charge in [0.25, 0.3) is 5.91 Å². The second kappa shape index (κ2) is 8.53. The second-order valence-corrected chi connectivity index (χ2v) is 8.71. The summed E-state index contributed by atoms with van der Waals surface area (Å²) in [6.45, 7) is 0.593. The number of hydrogen-bond acceptors (Lipinski definition) is 7. The zero-order valence-electron chi connectivity index (χ0n) is 17.7. The van der Waals surface area contributed by atoms with E-state index in [9.17, 15) is 14.7 Å². The van der Waals surface area contributed by atoms with E-state index in [1.54, 1.807) is 30.5 Å². The minimum atomic E-state index is -1.69. The van der Waals surface area contributed by atoms with Crippen LogP contribution in [0.3, 0.4) is 0 Å². The Morgan fingerprint density at radius 2 is 2.18 bits per heavy atom. The molecule has 2 aliphatic rings. The maximum atomic E-state index is 13.4. The van der Waals surface area contributed by atoms with Crippen LogP contribution in [0.5, 0.6) is 0 Å². The van der Waals surface area contributed by atoms with Crippen LogP contribution in [0.1, 0.15) is 36.1 Å². The Morgan fingerprint density at radius 1 is 1.30 bits per heavy atom. The van der Waals surface area contributed by atoms with Crippen LogP contribution in [0.4, 0.5) is 0 Å².